The van der Waals surface area contributed by atoms with Crippen molar-refractivity contribution in [2.45, 2.75) is 25.3 Å². The van der Waals surface area contributed by atoms with Crippen LogP contribution in [0.3, 0.4) is 0 Å². The smallest absolute Gasteiger partial charge is 0.318 e. The van der Waals surface area contributed by atoms with E-state index in [9.17, 15) is 14.0 Å². The number of carbonyl (C=O) groups is 2. The molecule has 1 aliphatic heterocycles. The number of hydrogen-bond acceptors (Lipinski definition) is 4. The number of esters is 1. The molecular weight excluding hydrogens is 419 g/mol. The third kappa shape index (κ3) is 4.29. The molecule has 2 amide bonds. The molecule has 9 heteroatoms. The van der Waals surface area contributed by atoms with Crippen LogP contribution in [-0.2, 0) is 16.0 Å². The van der Waals surface area contributed by atoms with Gasteiger partial charge in [-0.2, -0.15) is 0 Å². The molecule has 2 aromatic rings. The molecule has 0 bridgehead atoms. The number of methoxy groups -OCH3 is 1. The molecule has 0 saturated carbocycles. The van der Waals surface area contributed by atoms with Gasteiger partial charge in [0.2, 0.25) is 0 Å². The zero-order valence-electron chi connectivity index (χ0n) is 14.8. The highest BCUT2D eigenvalue weighted by Crippen LogP contribution is 2.35. The maximum Gasteiger partial charge on any atom is 0.318 e. The van der Waals surface area contributed by atoms with Crippen molar-refractivity contribution in [2.75, 3.05) is 20.2 Å². The van der Waals surface area contributed by atoms with E-state index in [0.717, 1.165) is 5.69 Å². The topological polar surface area (TPSA) is 87.3 Å². The Labute approximate surface area is 164 Å². The Morgan fingerprint density at radius 2 is 2.30 bits per heavy atom. The Hall–Kier alpha value is -2.42. The number of aromatic amines is 1. The fraction of sp³-hybridized carbons (Fsp3) is 0.389. The molecular formula is C18H20BrFN4O3. The Kier molecular flexibility index (Phi) is 6.10. The Balaban J connectivity index is 1.79. The van der Waals surface area contributed by atoms with Crippen molar-refractivity contribution in [3.63, 3.8) is 0 Å². The second-order valence-electron chi connectivity index (χ2n) is 6.19. The monoisotopic (exact) mass is 438 g/mol. The minimum absolute atomic E-state index is 0.227. The summed E-state index contributed by atoms with van der Waals surface area (Å²) in [7, 11) is 1.33. The molecule has 0 radical (unpaired) electrons. The summed E-state index contributed by atoms with van der Waals surface area (Å²) in [6, 6.07) is 3.84. The van der Waals surface area contributed by atoms with Crippen molar-refractivity contribution in [3.8, 4) is 0 Å². The van der Waals surface area contributed by atoms with Crippen LogP contribution in [0.15, 0.2) is 29.0 Å². The lowest BCUT2D eigenvalue weighted by Crippen LogP contribution is -2.46. The number of aromatic nitrogens is 2. The van der Waals surface area contributed by atoms with Gasteiger partial charge in [-0.05, 0) is 18.6 Å². The van der Waals surface area contributed by atoms with E-state index < -0.39 is 11.9 Å². The zero-order valence-corrected chi connectivity index (χ0v) is 16.4. The summed E-state index contributed by atoms with van der Waals surface area (Å²) in [5.74, 6) is -0.730. The van der Waals surface area contributed by atoms with Gasteiger partial charge in [-0.1, -0.05) is 22.0 Å². The minimum Gasteiger partial charge on any atom is -0.469 e. The van der Waals surface area contributed by atoms with Crippen molar-refractivity contribution >= 4 is 27.9 Å². The first-order valence-electron chi connectivity index (χ1n) is 8.59. The van der Waals surface area contributed by atoms with Crippen LogP contribution < -0.4 is 5.32 Å². The molecule has 1 aromatic heterocycles. The van der Waals surface area contributed by atoms with Crippen LogP contribution in [0.5, 0.6) is 0 Å². The van der Waals surface area contributed by atoms with E-state index in [1.807, 2.05) is 0 Å². The molecule has 0 aliphatic carbocycles. The summed E-state index contributed by atoms with van der Waals surface area (Å²) >= 11 is 3.26. The lowest BCUT2D eigenvalue weighted by Gasteiger charge is -2.35. The second-order valence-corrected chi connectivity index (χ2v) is 7.11. The third-order valence-corrected chi connectivity index (χ3v) is 5.00. The quantitative estimate of drug-likeness (QED) is 0.554. The van der Waals surface area contributed by atoms with E-state index in [4.69, 9.17) is 0 Å². The molecule has 2 heterocycles. The van der Waals surface area contributed by atoms with Gasteiger partial charge in [0.05, 0.1) is 19.1 Å². The van der Waals surface area contributed by atoms with Gasteiger partial charge >= 0.3 is 12.0 Å². The van der Waals surface area contributed by atoms with Crippen LogP contribution in [0, 0.1) is 5.82 Å². The standard InChI is InChI=1S/C18H20BrFN4O3/c1-27-15(25)3-2-7-21-18(26)24-8-6-14-16(23-10-22-14)17(24)12-5-4-11(19)9-13(12)20/h4-5,9-10,17H,2-3,6-8H2,1H3,(H,21,26)(H,22,23)/t17-/m0/s1. The van der Waals surface area contributed by atoms with Gasteiger partial charge in [0.25, 0.3) is 0 Å². The largest absolute Gasteiger partial charge is 0.469 e. The number of nitrogens with one attached hydrogen (secondary N) is 2. The molecule has 1 aliphatic rings. The van der Waals surface area contributed by atoms with Crippen molar-refractivity contribution in [2.24, 2.45) is 0 Å². The lowest BCUT2D eigenvalue weighted by molar-refractivity contribution is -0.140. The van der Waals surface area contributed by atoms with Crippen molar-refractivity contribution in [1.29, 1.82) is 0 Å². The number of ether oxygens (including phenoxy) is 1. The number of H-pyrrole nitrogens is 1. The predicted octanol–water partition coefficient (Wildman–Crippen LogP) is 2.92. The predicted molar refractivity (Wildman–Crippen MR) is 99.6 cm³/mol. The molecule has 0 spiro atoms. The number of fused-ring (bicyclic) bond motifs is 1. The lowest BCUT2D eigenvalue weighted by atomic mass is 9.95. The highest BCUT2D eigenvalue weighted by Gasteiger charge is 2.35. The van der Waals surface area contributed by atoms with Crippen LogP contribution >= 0.6 is 15.9 Å². The molecule has 27 heavy (non-hydrogen) atoms. The number of amides is 2. The van der Waals surface area contributed by atoms with Gasteiger partial charge in [-0.3, -0.25) is 4.79 Å². The number of carbonyl (C=O) groups excluding carboxylic acids is 2. The van der Waals surface area contributed by atoms with E-state index in [1.54, 1.807) is 23.4 Å². The van der Waals surface area contributed by atoms with E-state index in [-0.39, 0.29) is 18.4 Å². The van der Waals surface area contributed by atoms with E-state index in [2.05, 4.69) is 36.0 Å². The SMILES string of the molecule is COC(=O)CCCNC(=O)N1CCc2[nH]cnc2[C@@H]1c1ccc(Br)cc1F. The van der Waals surface area contributed by atoms with Gasteiger partial charge < -0.3 is 19.9 Å². The molecule has 3 rings (SSSR count). The average Bonchev–Trinajstić information content (AvgIpc) is 3.13. The number of hydrogen-bond donors (Lipinski definition) is 2. The van der Waals surface area contributed by atoms with Crippen LogP contribution in [0.4, 0.5) is 9.18 Å². The molecule has 0 fully saturated rings. The highest BCUT2D eigenvalue weighted by atomic mass is 79.9. The van der Waals surface area contributed by atoms with E-state index in [1.165, 1.54) is 13.2 Å². The summed E-state index contributed by atoms with van der Waals surface area (Å²) in [6.45, 7) is 0.756. The average molecular weight is 439 g/mol. The normalized spacial score (nSPS) is 16.0. The summed E-state index contributed by atoms with van der Waals surface area (Å²) in [5, 5.41) is 2.79. The molecule has 1 aromatic carbocycles. The minimum atomic E-state index is -0.617. The van der Waals surface area contributed by atoms with Gasteiger partial charge in [0.15, 0.2) is 0 Å². The summed E-state index contributed by atoms with van der Waals surface area (Å²) < 4.78 is 19.8. The van der Waals surface area contributed by atoms with Crippen molar-refractivity contribution in [1.82, 2.24) is 20.2 Å². The summed E-state index contributed by atoms with van der Waals surface area (Å²) in [5.41, 5.74) is 1.93. The third-order valence-electron chi connectivity index (χ3n) is 4.50. The zero-order chi connectivity index (χ0) is 19.4. The molecule has 0 saturated heterocycles. The first-order chi connectivity index (χ1) is 13.0. The maximum absolute atomic E-state index is 14.6. The first-order valence-corrected chi connectivity index (χ1v) is 9.39. The Morgan fingerprint density at radius 3 is 3.04 bits per heavy atom. The van der Waals surface area contributed by atoms with Crippen molar-refractivity contribution in [3.05, 3.63) is 51.8 Å². The second kappa shape index (κ2) is 8.51. The van der Waals surface area contributed by atoms with Crippen LogP contribution in [0.1, 0.15) is 35.8 Å². The molecule has 1 atom stereocenters. The highest BCUT2D eigenvalue weighted by molar-refractivity contribution is 9.10. The van der Waals surface area contributed by atoms with E-state index in [0.29, 0.717) is 41.7 Å². The fourth-order valence-electron chi connectivity index (χ4n) is 3.17. The summed E-state index contributed by atoms with van der Waals surface area (Å²) in [6.07, 6.45) is 2.87. The van der Waals surface area contributed by atoms with Crippen LogP contribution in [0.25, 0.3) is 0 Å². The number of benzene rings is 1. The Morgan fingerprint density at radius 1 is 1.48 bits per heavy atom. The molecule has 0 unspecified atom stereocenters. The first kappa shape index (κ1) is 19.3. The number of urea groups is 1. The summed E-state index contributed by atoms with van der Waals surface area (Å²) in [4.78, 5) is 32.9. The van der Waals surface area contributed by atoms with Crippen LogP contribution in [0.2, 0.25) is 0 Å². The number of imidazole rings is 1. The molecule has 2 N–H and O–H groups in total. The number of rotatable bonds is 5. The molecule has 7 nitrogen and oxygen atoms in total. The van der Waals surface area contributed by atoms with E-state index >= 15 is 0 Å². The van der Waals surface area contributed by atoms with Gasteiger partial charge in [-0.25, -0.2) is 14.2 Å². The van der Waals surface area contributed by atoms with Gasteiger partial charge in [0.1, 0.15) is 11.9 Å². The van der Waals surface area contributed by atoms with Gasteiger partial charge in [-0.15, -0.1) is 0 Å². The number of halogens is 2. The molecule has 144 valence electrons. The van der Waals surface area contributed by atoms with Gasteiger partial charge in [0, 0.05) is 41.7 Å². The van der Waals surface area contributed by atoms with Crippen molar-refractivity contribution < 1.29 is 18.7 Å². The number of nitrogens with zero attached hydrogens (tertiary/aromatic N) is 2. The fourth-order valence-corrected chi connectivity index (χ4v) is 3.50. The Bertz CT molecular complexity index is 842. The maximum atomic E-state index is 14.6. The van der Waals surface area contributed by atoms with Crippen LogP contribution in [-0.4, -0.2) is 47.1 Å².